The second-order valence-corrected chi connectivity index (χ2v) is 9.04. The first-order chi connectivity index (χ1) is 17.6. The van der Waals surface area contributed by atoms with Crippen LogP contribution in [0.4, 0.5) is 24.7 Å². The molecule has 37 heavy (non-hydrogen) atoms. The molecule has 194 valence electrons. The van der Waals surface area contributed by atoms with E-state index in [-0.39, 0.29) is 28.8 Å². The number of benzene rings is 2. The predicted molar refractivity (Wildman–Crippen MR) is 134 cm³/mol. The van der Waals surface area contributed by atoms with E-state index in [9.17, 15) is 22.8 Å². The normalized spacial score (nSPS) is 13.9. The molecule has 2 heterocycles. The number of ether oxygens (including phenoxy) is 1. The Morgan fingerprint density at radius 3 is 2.35 bits per heavy atom. The Bertz CT molecular complexity index is 1280. The zero-order valence-corrected chi connectivity index (χ0v) is 20.8. The molecule has 1 saturated heterocycles. The zero-order valence-electron chi connectivity index (χ0n) is 19.3. The van der Waals surface area contributed by atoms with Crippen molar-refractivity contribution in [2.75, 3.05) is 43.0 Å². The molecule has 1 N–H and O–H groups in total. The fourth-order valence-corrected chi connectivity index (χ4v) is 4.03. The van der Waals surface area contributed by atoms with E-state index in [0.717, 1.165) is 12.1 Å². The number of anilines is 2. The highest BCUT2D eigenvalue weighted by molar-refractivity contribution is 6.31. The molecule has 1 aliphatic heterocycles. The first-order valence-electron chi connectivity index (χ1n) is 11.2. The van der Waals surface area contributed by atoms with E-state index >= 15 is 0 Å². The maximum Gasteiger partial charge on any atom is 0.416 e. The zero-order chi connectivity index (χ0) is 26.6. The fourth-order valence-electron chi connectivity index (χ4n) is 3.74. The molecule has 0 bridgehead atoms. The van der Waals surface area contributed by atoms with Gasteiger partial charge in [-0.3, -0.25) is 9.59 Å². The van der Waals surface area contributed by atoms with Crippen molar-refractivity contribution >= 4 is 46.5 Å². The van der Waals surface area contributed by atoms with Gasteiger partial charge >= 0.3 is 6.18 Å². The summed E-state index contributed by atoms with van der Waals surface area (Å²) in [7, 11) is 0. The number of alkyl halides is 3. The number of nitrogens with one attached hydrogen (secondary N) is 1. The van der Waals surface area contributed by atoms with E-state index in [1.54, 1.807) is 29.2 Å². The summed E-state index contributed by atoms with van der Waals surface area (Å²) in [6.07, 6.45) is -3.16. The molecule has 0 radical (unpaired) electrons. The monoisotopic (exact) mass is 552 g/mol. The summed E-state index contributed by atoms with van der Waals surface area (Å²) in [6, 6.07) is 12.3. The molecule has 2 aromatic carbocycles. The van der Waals surface area contributed by atoms with Crippen LogP contribution >= 0.6 is 23.2 Å². The Morgan fingerprint density at radius 1 is 0.973 bits per heavy atom. The molecule has 0 unspecified atom stereocenters. The number of carbonyl (C=O) groups excluding carboxylic acids is 2. The minimum atomic E-state index is -4.57. The smallest absolute Gasteiger partial charge is 0.416 e. The van der Waals surface area contributed by atoms with Crippen molar-refractivity contribution in [1.29, 1.82) is 0 Å². The topological polar surface area (TPSA) is 74.8 Å². The minimum absolute atomic E-state index is 0.126. The number of pyridine rings is 1. The van der Waals surface area contributed by atoms with Crippen molar-refractivity contribution in [1.82, 2.24) is 9.88 Å². The lowest BCUT2D eigenvalue weighted by Crippen LogP contribution is -2.50. The quantitative estimate of drug-likeness (QED) is 0.444. The van der Waals surface area contributed by atoms with Gasteiger partial charge in [-0.05, 0) is 48.5 Å². The molecule has 4 rings (SSSR count). The number of rotatable bonds is 6. The van der Waals surface area contributed by atoms with Gasteiger partial charge in [0.25, 0.3) is 11.8 Å². The van der Waals surface area contributed by atoms with E-state index in [1.807, 2.05) is 4.90 Å². The van der Waals surface area contributed by atoms with Gasteiger partial charge in [-0.15, -0.1) is 0 Å². The van der Waals surface area contributed by atoms with Gasteiger partial charge in [0.15, 0.2) is 12.4 Å². The second kappa shape index (κ2) is 11.3. The number of halogens is 5. The Labute approximate surface area is 220 Å². The first-order valence-corrected chi connectivity index (χ1v) is 11.9. The number of piperazine rings is 1. The van der Waals surface area contributed by atoms with E-state index in [4.69, 9.17) is 27.9 Å². The second-order valence-electron chi connectivity index (χ2n) is 8.17. The van der Waals surface area contributed by atoms with Gasteiger partial charge in [-0.1, -0.05) is 29.3 Å². The standard InChI is InChI=1S/C25H21Cl2F3N4O3/c26-18-4-6-20(7-5-18)37-15-22(35)33-8-10-34(11-9-33)23-21(13-19(27)14-31-23)32-24(36)16-2-1-3-17(12-16)25(28,29)30/h1-7,12-14H,8-11,15H2,(H,32,36). The van der Waals surface area contributed by atoms with Gasteiger partial charge in [0.05, 0.1) is 16.3 Å². The highest BCUT2D eigenvalue weighted by Gasteiger charge is 2.31. The van der Waals surface area contributed by atoms with Crippen LogP contribution in [0.25, 0.3) is 0 Å². The van der Waals surface area contributed by atoms with E-state index in [1.165, 1.54) is 24.4 Å². The Balaban J connectivity index is 1.39. The molecule has 3 aromatic rings. The summed E-state index contributed by atoms with van der Waals surface area (Å²) in [4.78, 5) is 33.2. The summed E-state index contributed by atoms with van der Waals surface area (Å²) in [5.41, 5.74) is -0.831. The van der Waals surface area contributed by atoms with Crippen LogP contribution < -0.4 is 15.0 Å². The third kappa shape index (κ3) is 6.84. The van der Waals surface area contributed by atoms with Crippen LogP contribution in [0.15, 0.2) is 60.8 Å². The maximum atomic E-state index is 13.0. The lowest BCUT2D eigenvalue weighted by atomic mass is 10.1. The molecule has 0 atom stereocenters. The fraction of sp³-hybridized carbons (Fsp3) is 0.240. The molecule has 0 aliphatic carbocycles. The van der Waals surface area contributed by atoms with Crippen molar-refractivity contribution in [3.63, 3.8) is 0 Å². The van der Waals surface area contributed by atoms with Crippen molar-refractivity contribution in [3.05, 3.63) is 82.0 Å². The molecule has 12 heteroatoms. The minimum Gasteiger partial charge on any atom is -0.484 e. The Hall–Kier alpha value is -3.50. The molecular formula is C25H21Cl2F3N4O3. The lowest BCUT2D eigenvalue weighted by Gasteiger charge is -2.36. The number of hydrogen-bond donors (Lipinski definition) is 1. The number of aromatic nitrogens is 1. The molecule has 1 aliphatic rings. The van der Waals surface area contributed by atoms with Crippen LogP contribution in [0.2, 0.25) is 10.0 Å². The van der Waals surface area contributed by atoms with Crippen LogP contribution in [-0.4, -0.2) is 54.5 Å². The van der Waals surface area contributed by atoms with Crippen LogP contribution in [-0.2, 0) is 11.0 Å². The third-order valence-corrected chi connectivity index (χ3v) is 6.10. The van der Waals surface area contributed by atoms with Gasteiger partial charge in [0.2, 0.25) is 0 Å². The SMILES string of the molecule is O=C(Nc1cc(Cl)cnc1N1CCN(C(=O)COc2ccc(Cl)cc2)CC1)c1cccc(C(F)(F)F)c1. The van der Waals surface area contributed by atoms with Crippen molar-refractivity contribution in [3.8, 4) is 5.75 Å². The summed E-state index contributed by atoms with van der Waals surface area (Å²) in [5, 5.41) is 3.43. The highest BCUT2D eigenvalue weighted by Crippen LogP contribution is 2.31. The predicted octanol–water partition coefficient (Wildman–Crippen LogP) is 5.39. The third-order valence-electron chi connectivity index (χ3n) is 5.64. The summed E-state index contributed by atoms with van der Waals surface area (Å²) in [6.45, 7) is 1.46. The number of amides is 2. The average Bonchev–Trinajstić information content (AvgIpc) is 2.88. The lowest BCUT2D eigenvalue weighted by molar-refractivity contribution is -0.137. The van der Waals surface area contributed by atoms with Crippen LogP contribution in [0.5, 0.6) is 5.75 Å². The van der Waals surface area contributed by atoms with E-state index < -0.39 is 17.6 Å². The van der Waals surface area contributed by atoms with Crippen molar-refractivity contribution in [2.24, 2.45) is 0 Å². The first kappa shape index (κ1) is 26.6. The molecule has 0 saturated carbocycles. The molecule has 1 fully saturated rings. The molecule has 2 amide bonds. The number of carbonyl (C=O) groups is 2. The van der Waals surface area contributed by atoms with Crippen molar-refractivity contribution < 1.29 is 27.5 Å². The summed E-state index contributed by atoms with van der Waals surface area (Å²) >= 11 is 11.9. The molecule has 0 spiro atoms. The van der Waals surface area contributed by atoms with E-state index in [0.29, 0.717) is 42.8 Å². The molecule has 7 nitrogen and oxygen atoms in total. The van der Waals surface area contributed by atoms with Gasteiger partial charge in [0, 0.05) is 43.0 Å². The Morgan fingerprint density at radius 2 is 1.68 bits per heavy atom. The molecule has 1 aromatic heterocycles. The van der Waals surface area contributed by atoms with Gasteiger partial charge < -0.3 is 19.9 Å². The number of nitrogens with zero attached hydrogens (tertiary/aromatic N) is 3. The van der Waals surface area contributed by atoms with Crippen LogP contribution in [0.3, 0.4) is 0 Å². The number of hydrogen-bond acceptors (Lipinski definition) is 5. The van der Waals surface area contributed by atoms with Gasteiger partial charge in [0.1, 0.15) is 5.75 Å². The largest absolute Gasteiger partial charge is 0.484 e. The molecular weight excluding hydrogens is 532 g/mol. The van der Waals surface area contributed by atoms with Gasteiger partial charge in [-0.2, -0.15) is 13.2 Å². The van der Waals surface area contributed by atoms with Crippen LogP contribution in [0.1, 0.15) is 15.9 Å². The summed E-state index contributed by atoms with van der Waals surface area (Å²) < 4.78 is 44.7. The van der Waals surface area contributed by atoms with Gasteiger partial charge in [-0.25, -0.2) is 4.98 Å². The maximum absolute atomic E-state index is 13.0. The summed E-state index contributed by atoms with van der Waals surface area (Å²) in [5.74, 6) is 0.0125. The van der Waals surface area contributed by atoms with Crippen molar-refractivity contribution in [2.45, 2.75) is 6.18 Å². The van der Waals surface area contributed by atoms with Crippen LogP contribution in [0, 0.1) is 0 Å². The average molecular weight is 553 g/mol. The van der Waals surface area contributed by atoms with E-state index in [2.05, 4.69) is 10.3 Å². The highest BCUT2D eigenvalue weighted by atomic mass is 35.5. The Kier molecular flexibility index (Phi) is 8.09.